The molecule has 0 fully saturated rings. The summed E-state index contributed by atoms with van der Waals surface area (Å²) in [6.07, 6.45) is 6.25. The van der Waals surface area contributed by atoms with Gasteiger partial charge < -0.3 is 10.3 Å². The zero-order valence-corrected chi connectivity index (χ0v) is 12.4. The minimum Gasteiger partial charge on any atom is -0.331 e. The maximum Gasteiger partial charge on any atom is 0.0951 e. The molecular formula is C14H28N4. The zero-order valence-electron chi connectivity index (χ0n) is 12.4. The van der Waals surface area contributed by atoms with Crippen LogP contribution in [0.25, 0.3) is 0 Å². The molecule has 0 amide bonds. The maximum atomic E-state index is 5.99. The summed E-state index contributed by atoms with van der Waals surface area (Å²) in [4.78, 5) is 6.66. The summed E-state index contributed by atoms with van der Waals surface area (Å²) in [6, 6.07) is 1.21. The number of imidazole rings is 1. The molecule has 0 saturated heterocycles. The Kier molecular flexibility index (Phi) is 5.82. The van der Waals surface area contributed by atoms with Crippen LogP contribution in [0.3, 0.4) is 0 Å². The molecule has 0 aliphatic carbocycles. The van der Waals surface area contributed by atoms with Gasteiger partial charge in [-0.05, 0) is 34.2 Å². The topological polar surface area (TPSA) is 47.1 Å². The Balaban J connectivity index is 2.91. The number of hydrogen-bond donors (Lipinski definition) is 1. The Bertz CT molecular complexity index is 345. The van der Waals surface area contributed by atoms with Crippen LogP contribution in [0.15, 0.2) is 12.5 Å². The molecule has 104 valence electrons. The molecule has 1 rings (SSSR count). The Labute approximate surface area is 111 Å². The average molecular weight is 252 g/mol. The fourth-order valence-corrected chi connectivity index (χ4v) is 2.43. The van der Waals surface area contributed by atoms with E-state index in [0.717, 1.165) is 0 Å². The summed E-state index contributed by atoms with van der Waals surface area (Å²) in [7, 11) is 2.16. The van der Waals surface area contributed by atoms with Gasteiger partial charge in [0.1, 0.15) is 0 Å². The van der Waals surface area contributed by atoms with Crippen molar-refractivity contribution in [3.63, 3.8) is 0 Å². The predicted molar refractivity (Wildman–Crippen MR) is 76.5 cm³/mol. The van der Waals surface area contributed by atoms with Gasteiger partial charge >= 0.3 is 0 Å². The van der Waals surface area contributed by atoms with Gasteiger partial charge in [0.2, 0.25) is 0 Å². The summed E-state index contributed by atoms with van der Waals surface area (Å²) in [6.45, 7) is 9.47. The predicted octanol–water partition coefficient (Wildman–Crippen LogP) is 2.58. The first-order chi connectivity index (χ1) is 8.52. The summed E-state index contributed by atoms with van der Waals surface area (Å²) in [5.41, 5.74) is 7.21. The fraction of sp³-hybridized carbons (Fsp3) is 0.786. The highest BCUT2D eigenvalue weighted by atomic mass is 15.2. The molecule has 18 heavy (non-hydrogen) atoms. The maximum absolute atomic E-state index is 5.99. The number of aromatic nitrogens is 2. The third-order valence-corrected chi connectivity index (χ3v) is 3.71. The van der Waals surface area contributed by atoms with Gasteiger partial charge in [0.25, 0.3) is 0 Å². The van der Waals surface area contributed by atoms with Crippen molar-refractivity contribution >= 4 is 0 Å². The Morgan fingerprint density at radius 3 is 2.56 bits per heavy atom. The van der Waals surface area contributed by atoms with E-state index in [1.165, 1.54) is 18.5 Å². The van der Waals surface area contributed by atoms with Crippen molar-refractivity contribution in [2.24, 2.45) is 5.73 Å². The summed E-state index contributed by atoms with van der Waals surface area (Å²) in [5.74, 6) is 0. The summed E-state index contributed by atoms with van der Waals surface area (Å²) in [5, 5.41) is 0. The smallest absolute Gasteiger partial charge is 0.0951 e. The third-order valence-electron chi connectivity index (χ3n) is 3.71. The standard InChI is InChI=1S/C14H28N4/c1-6-7-12(4)17(5)13(8-15)14-9-16-10-18(14)11(2)3/h9-13H,6-8,15H2,1-5H3. The van der Waals surface area contributed by atoms with Crippen molar-refractivity contribution in [2.75, 3.05) is 13.6 Å². The van der Waals surface area contributed by atoms with Gasteiger partial charge in [-0.15, -0.1) is 0 Å². The largest absolute Gasteiger partial charge is 0.331 e. The molecular weight excluding hydrogens is 224 g/mol. The molecule has 4 nitrogen and oxygen atoms in total. The quantitative estimate of drug-likeness (QED) is 0.811. The molecule has 1 aromatic rings. The van der Waals surface area contributed by atoms with E-state index in [-0.39, 0.29) is 6.04 Å². The van der Waals surface area contributed by atoms with Crippen LogP contribution in [0, 0.1) is 0 Å². The first kappa shape index (κ1) is 15.2. The number of likely N-dealkylation sites (N-methyl/N-ethyl adjacent to an activating group) is 1. The first-order valence-corrected chi connectivity index (χ1v) is 6.96. The van der Waals surface area contributed by atoms with Gasteiger partial charge in [-0.3, -0.25) is 4.90 Å². The molecule has 4 heteroatoms. The lowest BCUT2D eigenvalue weighted by Crippen LogP contribution is -2.38. The van der Waals surface area contributed by atoms with Gasteiger partial charge in [-0.2, -0.15) is 0 Å². The van der Waals surface area contributed by atoms with E-state index < -0.39 is 0 Å². The van der Waals surface area contributed by atoms with Gasteiger partial charge in [0.15, 0.2) is 0 Å². The summed E-state index contributed by atoms with van der Waals surface area (Å²) < 4.78 is 2.21. The van der Waals surface area contributed by atoms with Crippen molar-refractivity contribution in [2.45, 2.75) is 58.7 Å². The van der Waals surface area contributed by atoms with Crippen molar-refractivity contribution in [3.8, 4) is 0 Å². The van der Waals surface area contributed by atoms with E-state index in [0.29, 0.717) is 18.6 Å². The van der Waals surface area contributed by atoms with Crippen molar-refractivity contribution in [1.82, 2.24) is 14.5 Å². The third kappa shape index (κ3) is 3.33. The average Bonchev–Trinajstić information content (AvgIpc) is 2.79. The van der Waals surface area contributed by atoms with Crippen molar-refractivity contribution in [1.29, 1.82) is 0 Å². The molecule has 1 aromatic heterocycles. The second-order valence-electron chi connectivity index (χ2n) is 5.37. The lowest BCUT2D eigenvalue weighted by atomic mass is 10.1. The van der Waals surface area contributed by atoms with E-state index in [1.54, 1.807) is 0 Å². The molecule has 0 aliphatic rings. The molecule has 2 unspecified atom stereocenters. The van der Waals surface area contributed by atoms with Crippen LogP contribution in [0.1, 0.15) is 58.3 Å². The van der Waals surface area contributed by atoms with Crippen LogP contribution in [0.2, 0.25) is 0 Å². The molecule has 2 atom stereocenters. The minimum absolute atomic E-state index is 0.247. The van der Waals surface area contributed by atoms with Crippen LogP contribution >= 0.6 is 0 Å². The highest BCUT2D eigenvalue weighted by Gasteiger charge is 2.23. The van der Waals surface area contributed by atoms with Crippen LogP contribution in [0.5, 0.6) is 0 Å². The molecule has 0 saturated carbocycles. The van der Waals surface area contributed by atoms with E-state index in [1.807, 2.05) is 12.5 Å². The highest BCUT2D eigenvalue weighted by Crippen LogP contribution is 2.24. The molecule has 0 radical (unpaired) electrons. The second-order valence-corrected chi connectivity index (χ2v) is 5.37. The van der Waals surface area contributed by atoms with Gasteiger partial charge in [-0.25, -0.2) is 4.98 Å². The Morgan fingerprint density at radius 1 is 1.39 bits per heavy atom. The van der Waals surface area contributed by atoms with Gasteiger partial charge in [0, 0.05) is 24.8 Å². The molecule has 1 heterocycles. The number of hydrogen-bond acceptors (Lipinski definition) is 3. The number of rotatable bonds is 7. The molecule has 0 aromatic carbocycles. The van der Waals surface area contributed by atoms with Crippen LogP contribution in [0.4, 0.5) is 0 Å². The highest BCUT2D eigenvalue weighted by molar-refractivity contribution is 5.08. The monoisotopic (exact) mass is 252 g/mol. The lowest BCUT2D eigenvalue weighted by Gasteiger charge is -2.33. The van der Waals surface area contributed by atoms with Crippen molar-refractivity contribution in [3.05, 3.63) is 18.2 Å². The molecule has 0 bridgehead atoms. The molecule has 0 aliphatic heterocycles. The van der Waals surface area contributed by atoms with E-state index in [2.05, 4.69) is 49.2 Å². The number of nitrogens with two attached hydrogens (primary N) is 1. The SMILES string of the molecule is CCCC(C)N(C)C(CN)c1cncn1C(C)C. The molecule has 2 N–H and O–H groups in total. The van der Waals surface area contributed by atoms with E-state index in [9.17, 15) is 0 Å². The normalized spacial score (nSPS) is 15.3. The zero-order chi connectivity index (χ0) is 13.7. The minimum atomic E-state index is 0.247. The van der Waals surface area contributed by atoms with Crippen LogP contribution in [-0.4, -0.2) is 34.1 Å². The van der Waals surface area contributed by atoms with Crippen LogP contribution in [-0.2, 0) is 0 Å². The first-order valence-electron chi connectivity index (χ1n) is 6.96. The van der Waals surface area contributed by atoms with E-state index in [4.69, 9.17) is 5.73 Å². The fourth-order valence-electron chi connectivity index (χ4n) is 2.43. The molecule has 0 spiro atoms. The second kappa shape index (κ2) is 6.90. The van der Waals surface area contributed by atoms with E-state index >= 15 is 0 Å². The lowest BCUT2D eigenvalue weighted by molar-refractivity contribution is 0.172. The Hall–Kier alpha value is -0.870. The summed E-state index contributed by atoms with van der Waals surface area (Å²) >= 11 is 0. The van der Waals surface area contributed by atoms with Crippen LogP contribution < -0.4 is 5.73 Å². The van der Waals surface area contributed by atoms with Crippen molar-refractivity contribution < 1.29 is 0 Å². The number of nitrogens with zero attached hydrogens (tertiary/aromatic N) is 3. The Morgan fingerprint density at radius 2 is 2.06 bits per heavy atom. The van der Waals surface area contributed by atoms with Gasteiger partial charge in [-0.1, -0.05) is 13.3 Å². The van der Waals surface area contributed by atoms with Gasteiger partial charge in [0.05, 0.1) is 18.1 Å².